The zero-order valence-electron chi connectivity index (χ0n) is 13.5. The van der Waals surface area contributed by atoms with Crippen molar-refractivity contribution in [2.24, 2.45) is 0 Å². The van der Waals surface area contributed by atoms with E-state index < -0.39 is 6.10 Å². The predicted octanol–water partition coefficient (Wildman–Crippen LogP) is 3.03. The van der Waals surface area contributed by atoms with E-state index in [0.29, 0.717) is 23.6 Å². The molecule has 0 aliphatic carbocycles. The molecule has 1 amide bonds. The van der Waals surface area contributed by atoms with E-state index in [2.05, 4.69) is 4.98 Å². The van der Waals surface area contributed by atoms with Crippen LogP contribution in [0.15, 0.2) is 34.9 Å². The minimum Gasteiger partial charge on any atom is -0.463 e. The van der Waals surface area contributed by atoms with Crippen LogP contribution >= 0.6 is 0 Å². The molecule has 0 saturated carbocycles. The number of pyridine rings is 1. The average molecular weight is 314 g/mol. The highest BCUT2D eigenvalue weighted by Crippen LogP contribution is 2.24. The molecule has 0 bridgehead atoms. The van der Waals surface area contributed by atoms with Gasteiger partial charge in [-0.1, -0.05) is 0 Å². The highest BCUT2D eigenvalue weighted by atomic mass is 16.3. The summed E-state index contributed by atoms with van der Waals surface area (Å²) in [5, 5.41) is 9.96. The van der Waals surface area contributed by atoms with Crippen molar-refractivity contribution < 1.29 is 14.3 Å². The Hall–Kier alpha value is -2.14. The lowest BCUT2D eigenvalue weighted by atomic mass is 9.97. The number of piperidine rings is 1. The number of rotatable bonds is 3. The minimum absolute atomic E-state index is 0.0494. The van der Waals surface area contributed by atoms with Gasteiger partial charge in [0, 0.05) is 6.54 Å². The van der Waals surface area contributed by atoms with Crippen LogP contribution < -0.4 is 0 Å². The Morgan fingerprint density at radius 2 is 2.22 bits per heavy atom. The summed E-state index contributed by atoms with van der Waals surface area (Å²) in [7, 11) is 0. The molecule has 23 heavy (non-hydrogen) atoms. The molecular formula is C18H22N2O3. The van der Waals surface area contributed by atoms with Crippen LogP contribution in [-0.4, -0.2) is 39.6 Å². The third-order valence-electron chi connectivity index (χ3n) is 4.46. The molecule has 3 heterocycles. The Morgan fingerprint density at radius 3 is 2.87 bits per heavy atom. The van der Waals surface area contributed by atoms with Crippen LogP contribution in [0.4, 0.5) is 0 Å². The molecule has 0 spiro atoms. The van der Waals surface area contributed by atoms with E-state index in [1.54, 1.807) is 30.2 Å². The molecule has 1 aliphatic heterocycles. The lowest BCUT2D eigenvalue weighted by Crippen LogP contribution is -2.49. The van der Waals surface area contributed by atoms with Gasteiger partial charge in [-0.05, 0) is 57.4 Å². The maximum absolute atomic E-state index is 12.9. The van der Waals surface area contributed by atoms with Crippen molar-refractivity contribution in [1.82, 2.24) is 9.88 Å². The van der Waals surface area contributed by atoms with Gasteiger partial charge < -0.3 is 14.4 Å². The molecule has 0 radical (unpaired) electrons. The summed E-state index contributed by atoms with van der Waals surface area (Å²) in [4.78, 5) is 19.2. The topological polar surface area (TPSA) is 66.6 Å². The molecule has 3 rings (SSSR count). The lowest BCUT2D eigenvalue weighted by molar-refractivity contribution is 0.0280. The molecule has 2 atom stereocenters. The van der Waals surface area contributed by atoms with E-state index in [9.17, 15) is 9.90 Å². The normalized spacial score (nSPS) is 19.6. The van der Waals surface area contributed by atoms with E-state index in [0.717, 1.165) is 25.0 Å². The molecule has 1 saturated heterocycles. The van der Waals surface area contributed by atoms with Gasteiger partial charge in [-0.25, -0.2) is 4.98 Å². The van der Waals surface area contributed by atoms with E-state index in [1.807, 2.05) is 19.1 Å². The number of nitrogens with zero attached hydrogens (tertiary/aromatic N) is 2. The fourth-order valence-electron chi connectivity index (χ4n) is 3.21. The van der Waals surface area contributed by atoms with Gasteiger partial charge in [0.15, 0.2) is 5.76 Å². The highest BCUT2D eigenvalue weighted by molar-refractivity contribution is 5.95. The van der Waals surface area contributed by atoms with Gasteiger partial charge in [-0.3, -0.25) is 4.79 Å². The van der Waals surface area contributed by atoms with Gasteiger partial charge in [0.05, 0.1) is 29.7 Å². The number of carbonyl (C=O) groups is 1. The zero-order valence-corrected chi connectivity index (χ0v) is 13.5. The monoisotopic (exact) mass is 314 g/mol. The number of aliphatic hydroxyl groups is 1. The van der Waals surface area contributed by atoms with Crippen LogP contribution in [0.1, 0.15) is 42.2 Å². The number of aromatic nitrogens is 1. The molecule has 5 heteroatoms. The first-order valence-electron chi connectivity index (χ1n) is 8.08. The number of hydrogen-bond donors (Lipinski definition) is 1. The minimum atomic E-state index is -0.519. The molecule has 122 valence electrons. The average Bonchev–Trinajstić information content (AvgIpc) is 3.08. The summed E-state index contributed by atoms with van der Waals surface area (Å²) in [5.41, 5.74) is 1.99. The Morgan fingerprint density at radius 1 is 1.39 bits per heavy atom. The molecule has 0 aromatic carbocycles. The lowest BCUT2D eigenvalue weighted by Gasteiger charge is -2.37. The number of carbonyl (C=O) groups excluding carboxylic acids is 1. The second kappa shape index (κ2) is 6.54. The van der Waals surface area contributed by atoms with E-state index in [-0.39, 0.29) is 11.9 Å². The van der Waals surface area contributed by atoms with Gasteiger partial charge >= 0.3 is 0 Å². The molecule has 1 N–H and O–H groups in total. The Bertz CT molecular complexity index is 680. The first-order valence-corrected chi connectivity index (χ1v) is 8.08. The summed E-state index contributed by atoms with van der Waals surface area (Å²) < 4.78 is 5.35. The second-order valence-corrected chi connectivity index (χ2v) is 6.11. The summed E-state index contributed by atoms with van der Waals surface area (Å²) in [5.74, 6) is 0.638. The Balaban J connectivity index is 1.87. The van der Waals surface area contributed by atoms with Crippen molar-refractivity contribution in [2.75, 3.05) is 6.54 Å². The van der Waals surface area contributed by atoms with Crippen LogP contribution in [0.2, 0.25) is 0 Å². The first-order chi connectivity index (χ1) is 11.1. The highest BCUT2D eigenvalue weighted by Gasteiger charge is 2.31. The van der Waals surface area contributed by atoms with E-state index >= 15 is 0 Å². The summed E-state index contributed by atoms with van der Waals surface area (Å²) in [6.07, 6.45) is 3.96. The van der Waals surface area contributed by atoms with Crippen molar-refractivity contribution in [1.29, 1.82) is 0 Å². The van der Waals surface area contributed by atoms with Crippen molar-refractivity contribution in [2.45, 2.75) is 45.3 Å². The summed E-state index contributed by atoms with van der Waals surface area (Å²) in [6.45, 7) is 4.27. The number of likely N-dealkylation sites (tertiary alicyclic amines) is 1. The van der Waals surface area contributed by atoms with Crippen LogP contribution in [-0.2, 0) is 0 Å². The maximum Gasteiger partial charge on any atom is 0.256 e. The third kappa shape index (κ3) is 3.15. The van der Waals surface area contributed by atoms with Crippen LogP contribution in [0, 0.1) is 6.92 Å². The van der Waals surface area contributed by atoms with Gasteiger partial charge in [0.1, 0.15) is 5.69 Å². The SMILES string of the molecule is Cc1nc(-c2ccco2)ccc1C(=O)N1CCCCC1C(C)O. The maximum atomic E-state index is 12.9. The van der Waals surface area contributed by atoms with Crippen molar-refractivity contribution in [3.8, 4) is 11.5 Å². The second-order valence-electron chi connectivity index (χ2n) is 6.11. The largest absolute Gasteiger partial charge is 0.463 e. The van der Waals surface area contributed by atoms with Crippen LogP contribution in [0.3, 0.4) is 0 Å². The molecule has 2 aromatic heterocycles. The van der Waals surface area contributed by atoms with Crippen LogP contribution in [0.5, 0.6) is 0 Å². The number of amides is 1. The molecule has 5 nitrogen and oxygen atoms in total. The van der Waals surface area contributed by atoms with E-state index in [1.165, 1.54) is 0 Å². The first kappa shape index (κ1) is 15.7. The smallest absolute Gasteiger partial charge is 0.256 e. The summed E-state index contributed by atoms with van der Waals surface area (Å²) in [6, 6.07) is 7.15. The molecule has 2 aromatic rings. The molecule has 1 fully saturated rings. The Labute approximate surface area is 135 Å². The Kier molecular flexibility index (Phi) is 4.48. The van der Waals surface area contributed by atoms with Gasteiger partial charge in [-0.15, -0.1) is 0 Å². The van der Waals surface area contributed by atoms with Crippen molar-refractivity contribution >= 4 is 5.91 Å². The zero-order chi connectivity index (χ0) is 16.4. The van der Waals surface area contributed by atoms with Crippen LogP contribution in [0.25, 0.3) is 11.5 Å². The fourth-order valence-corrected chi connectivity index (χ4v) is 3.21. The quantitative estimate of drug-likeness (QED) is 0.945. The van der Waals surface area contributed by atoms with E-state index in [4.69, 9.17) is 4.42 Å². The number of furan rings is 1. The fraction of sp³-hybridized carbons (Fsp3) is 0.444. The van der Waals surface area contributed by atoms with Gasteiger partial charge in [-0.2, -0.15) is 0 Å². The van der Waals surface area contributed by atoms with Gasteiger partial charge in [0.25, 0.3) is 5.91 Å². The molecular weight excluding hydrogens is 292 g/mol. The molecule has 1 aliphatic rings. The van der Waals surface area contributed by atoms with Gasteiger partial charge in [0.2, 0.25) is 0 Å². The number of aryl methyl sites for hydroxylation is 1. The van der Waals surface area contributed by atoms with Crippen molar-refractivity contribution in [3.63, 3.8) is 0 Å². The van der Waals surface area contributed by atoms with Crippen molar-refractivity contribution in [3.05, 3.63) is 41.8 Å². The number of aliphatic hydroxyl groups excluding tert-OH is 1. The predicted molar refractivity (Wildman–Crippen MR) is 87.0 cm³/mol. The third-order valence-corrected chi connectivity index (χ3v) is 4.46. The standard InChI is InChI=1S/C18H22N2O3/c1-12-14(8-9-15(19-12)17-7-5-11-23-17)18(22)20-10-4-3-6-16(20)13(2)21/h5,7-9,11,13,16,21H,3-4,6,10H2,1-2H3. The molecule has 2 unspecified atom stereocenters. The summed E-state index contributed by atoms with van der Waals surface area (Å²) >= 11 is 0. The number of hydrogen-bond acceptors (Lipinski definition) is 4.